The van der Waals surface area contributed by atoms with Crippen LogP contribution in [0.3, 0.4) is 0 Å². The normalized spacial score (nSPS) is 10.8. The van der Waals surface area contributed by atoms with E-state index in [1.807, 2.05) is 18.2 Å². The molecule has 2 rings (SSSR count). The third-order valence-corrected chi connectivity index (χ3v) is 5.83. The van der Waals surface area contributed by atoms with Gasteiger partial charge in [-0.1, -0.05) is 12.2 Å². The van der Waals surface area contributed by atoms with Crippen LogP contribution in [0.5, 0.6) is 23.0 Å². The van der Waals surface area contributed by atoms with Crippen LogP contribution >= 0.6 is 50.7 Å². The fraction of sp³-hybridized carbons (Fsp3) is 0.238. The highest BCUT2D eigenvalue weighted by Gasteiger charge is 2.13. The summed E-state index contributed by atoms with van der Waals surface area (Å²) in [7, 11) is 6.31. The molecule has 30 heavy (non-hydrogen) atoms. The fourth-order valence-corrected chi connectivity index (χ4v) is 4.36. The lowest BCUT2D eigenvalue weighted by atomic mass is 10.1. The molecule has 9 heteroatoms. The summed E-state index contributed by atoms with van der Waals surface area (Å²) in [6, 6.07) is 9.61. The maximum Gasteiger partial charge on any atom is 0.174 e. The van der Waals surface area contributed by atoms with Crippen molar-refractivity contribution in [3.05, 3.63) is 49.0 Å². The summed E-state index contributed by atoms with van der Waals surface area (Å²) in [5.74, 6) is 2.45. The molecule has 0 heterocycles. The molecular weight excluding hydrogens is 583 g/mol. The molecule has 0 amide bonds. The average molecular weight is 603 g/mol. The topological polar surface area (TPSA) is 72.7 Å². The Hall–Kier alpha value is -2.03. The molecule has 0 saturated heterocycles. The number of nitriles is 1. The molecule has 0 atom stereocenters. The van der Waals surface area contributed by atoms with Gasteiger partial charge in [0, 0.05) is 6.54 Å². The van der Waals surface area contributed by atoms with Crippen molar-refractivity contribution < 1.29 is 18.9 Å². The summed E-state index contributed by atoms with van der Waals surface area (Å²) in [6.45, 7) is 0.417. The Labute approximate surface area is 203 Å². The van der Waals surface area contributed by atoms with Gasteiger partial charge in [0.2, 0.25) is 0 Å². The quantitative estimate of drug-likeness (QED) is 0.195. The van der Waals surface area contributed by atoms with Gasteiger partial charge >= 0.3 is 0 Å². The van der Waals surface area contributed by atoms with Crippen LogP contribution < -0.4 is 24.3 Å². The number of hydrogen-bond acceptors (Lipinski definition) is 6. The smallest absolute Gasteiger partial charge is 0.174 e. The SMILES string of the molecule is COc1cc(CNC(=S)/C(C#N)=C\c2cc(I)c(OC)c(OC)c2)cc(Br)c1OC. The van der Waals surface area contributed by atoms with Crippen LogP contribution in [0.4, 0.5) is 0 Å². The molecule has 158 valence electrons. The number of ether oxygens (including phenoxy) is 4. The molecule has 0 aromatic heterocycles. The first-order chi connectivity index (χ1) is 14.4. The molecule has 0 aliphatic heterocycles. The van der Waals surface area contributed by atoms with Gasteiger partial charge in [0.05, 0.1) is 42.1 Å². The van der Waals surface area contributed by atoms with Gasteiger partial charge in [0.25, 0.3) is 0 Å². The fourth-order valence-electron chi connectivity index (χ4n) is 2.69. The minimum atomic E-state index is 0.340. The Morgan fingerprint density at radius 2 is 1.70 bits per heavy atom. The Kier molecular flexibility index (Phi) is 9.20. The van der Waals surface area contributed by atoms with Crippen molar-refractivity contribution in [3.8, 4) is 29.1 Å². The predicted octanol–water partition coefficient (Wildman–Crippen LogP) is 5.11. The maximum atomic E-state index is 9.60. The van der Waals surface area contributed by atoms with Crippen molar-refractivity contribution in [2.45, 2.75) is 6.54 Å². The average Bonchev–Trinajstić information content (AvgIpc) is 2.74. The summed E-state index contributed by atoms with van der Waals surface area (Å²) in [6.07, 6.45) is 1.71. The first kappa shape index (κ1) is 24.2. The van der Waals surface area contributed by atoms with Gasteiger partial charge in [-0.3, -0.25) is 0 Å². The predicted molar refractivity (Wildman–Crippen MR) is 133 cm³/mol. The molecule has 0 saturated carbocycles. The van der Waals surface area contributed by atoms with E-state index < -0.39 is 0 Å². The Morgan fingerprint density at radius 3 is 2.27 bits per heavy atom. The lowest BCUT2D eigenvalue weighted by Crippen LogP contribution is -2.22. The third kappa shape index (κ3) is 5.77. The monoisotopic (exact) mass is 602 g/mol. The van der Waals surface area contributed by atoms with Crippen LogP contribution in [-0.2, 0) is 6.54 Å². The molecule has 2 aromatic rings. The Morgan fingerprint density at radius 1 is 1.07 bits per heavy atom. The van der Waals surface area contributed by atoms with E-state index in [4.69, 9.17) is 31.2 Å². The van der Waals surface area contributed by atoms with Gasteiger partial charge in [-0.25, -0.2) is 0 Å². The standard InChI is InChI=1S/C21H20BrIN2O4S/c1-26-17-9-13(6-15(22)19(17)28-3)11-25-21(30)14(10-24)5-12-7-16(23)20(29-4)18(8-12)27-2/h5-9H,11H2,1-4H3,(H,25,30)/b14-5-. The number of rotatable bonds is 8. The highest BCUT2D eigenvalue weighted by atomic mass is 127. The zero-order valence-corrected chi connectivity index (χ0v) is 21.4. The number of halogens is 2. The lowest BCUT2D eigenvalue weighted by molar-refractivity contribution is 0.352. The Bertz CT molecular complexity index is 1020. The Balaban J connectivity index is 2.23. The largest absolute Gasteiger partial charge is 0.493 e. The molecule has 0 radical (unpaired) electrons. The van der Waals surface area contributed by atoms with Crippen molar-refractivity contribution in [2.24, 2.45) is 0 Å². The van der Waals surface area contributed by atoms with E-state index >= 15 is 0 Å². The number of nitrogens with zero attached hydrogens (tertiary/aromatic N) is 1. The summed E-state index contributed by atoms with van der Waals surface area (Å²) < 4.78 is 23.0. The van der Waals surface area contributed by atoms with Crippen LogP contribution in [0.25, 0.3) is 6.08 Å². The van der Waals surface area contributed by atoms with E-state index in [0.29, 0.717) is 40.1 Å². The molecule has 0 aliphatic rings. The second-order valence-corrected chi connectivity index (χ2v) is 8.33. The van der Waals surface area contributed by atoms with Crippen LogP contribution in [0.1, 0.15) is 11.1 Å². The summed E-state index contributed by atoms with van der Waals surface area (Å²) >= 11 is 11.1. The van der Waals surface area contributed by atoms with Crippen LogP contribution in [-0.4, -0.2) is 33.4 Å². The third-order valence-electron chi connectivity index (χ3n) is 4.08. The van der Waals surface area contributed by atoms with E-state index in [1.54, 1.807) is 40.6 Å². The maximum absolute atomic E-state index is 9.60. The molecule has 6 nitrogen and oxygen atoms in total. The van der Waals surface area contributed by atoms with Crippen LogP contribution in [0, 0.1) is 14.9 Å². The second-order valence-electron chi connectivity index (χ2n) is 5.90. The van der Waals surface area contributed by atoms with E-state index in [9.17, 15) is 5.26 Å². The van der Waals surface area contributed by atoms with Crippen molar-refractivity contribution in [2.75, 3.05) is 28.4 Å². The first-order valence-electron chi connectivity index (χ1n) is 8.60. The van der Waals surface area contributed by atoms with E-state index in [1.165, 1.54) is 0 Å². The van der Waals surface area contributed by atoms with Gasteiger partial charge in [-0.15, -0.1) is 0 Å². The first-order valence-corrected chi connectivity index (χ1v) is 10.9. The number of hydrogen-bond donors (Lipinski definition) is 1. The number of benzene rings is 2. The van der Waals surface area contributed by atoms with Crippen molar-refractivity contribution in [1.82, 2.24) is 5.32 Å². The minimum Gasteiger partial charge on any atom is -0.493 e. The molecule has 2 aromatic carbocycles. The van der Waals surface area contributed by atoms with Gasteiger partial charge in [-0.05, 0) is 80.0 Å². The highest BCUT2D eigenvalue weighted by Crippen LogP contribution is 2.36. The van der Waals surface area contributed by atoms with Gasteiger partial charge < -0.3 is 24.3 Å². The zero-order valence-electron chi connectivity index (χ0n) is 16.8. The van der Waals surface area contributed by atoms with Crippen LogP contribution in [0.15, 0.2) is 34.3 Å². The number of thiocarbonyl (C=S) groups is 1. The summed E-state index contributed by atoms with van der Waals surface area (Å²) in [4.78, 5) is 0.341. The highest BCUT2D eigenvalue weighted by molar-refractivity contribution is 14.1. The molecule has 0 spiro atoms. The lowest BCUT2D eigenvalue weighted by Gasteiger charge is -2.13. The summed E-state index contributed by atoms with van der Waals surface area (Å²) in [5.41, 5.74) is 2.04. The van der Waals surface area contributed by atoms with Crippen LogP contribution in [0.2, 0.25) is 0 Å². The zero-order chi connectivity index (χ0) is 22.3. The molecule has 1 N–H and O–H groups in total. The van der Waals surface area contributed by atoms with Crippen molar-refractivity contribution in [3.63, 3.8) is 0 Å². The van der Waals surface area contributed by atoms with Crippen molar-refractivity contribution in [1.29, 1.82) is 5.26 Å². The van der Waals surface area contributed by atoms with Gasteiger partial charge in [0.1, 0.15) is 11.1 Å². The van der Waals surface area contributed by atoms with E-state index in [0.717, 1.165) is 19.2 Å². The molecule has 0 fully saturated rings. The van der Waals surface area contributed by atoms with Crippen molar-refractivity contribution >= 4 is 61.8 Å². The molecule has 0 aliphatic carbocycles. The summed E-state index contributed by atoms with van der Waals surface area (Å²) in [5, 5.41) is 12.7. The van der Waals surface area contributed by atoms with Gasteiger partial charge in [-0.2, -0.15) is 5.26 Å². The minimum absolute atomic E-state index is 0.340. The molecular formula is C21H20BrIN2O4S. The van der Waals surface area contributed by atoms with Gasteiger partial charge in [0.15, 0.2) is 23.0 Å². The number of methoxy groups -OCH3 is 4. The van der Waals surface area contributed by atoms with E-state index in [2.05, 4.69) is 49.9 Å². The molecule has 0 bridgehead atoms. The van der Waals surface area contributed by atoms with E-state index in [-0.39, 0.29) is 0 Å². The second kappa shape index (κ2) is 11.4. The molecule has 0 unspecified atom stereocenters. The number of nitrogens with one attached hydrogen (secondary N) is 1.